The fraction of sp³-hybridized carbons (Fsp3) is 0.714. The van der Waals surface area contributed by atoms with Crippen LogP contribution in [-0.4, -0.2) is 11.9 Å². The average molecular weight is 352 g/mol. The second-order valence-electron chi connectivity index (χ2n) is 5.07. The number of carbonyl (C=O) groups is 2. The van der Waals surface area contributed by atoms with Crippen LogP contribution in [0.5, 0.6) is 0 Å². The molecule has 0 aromatic carbocycles. The summed E-state index contributed by atoms with van der Waals surface area (Å²) in [4.78, 5) is 19.8. The van der Waals surface area contributed by atoms with Gasteiger partial charge in [-0.1, -0.05) is 41.5 Å². The normalized spacial score (nSPS) is 8.95. The number of hydrogen-bond acceptors (Lipinski definition) is 4. The summed E-state index contributed by atoms with van der Waals surface area (Å²) in [6.45, 7) is 19.6. The smallest absolute Gasteiger partial charge is 0.550 e. The van der Waals surface area contributed by atoms with Crippen LogP contribution < -0.4 is 10.2 Å². The summed E-state index contributed by atoms with van der Waals surface area (Å²) in [5.74, 6) is -2.01. The first-order chi connectivity index (χ1) is 7.89. The monoisotopic (exact) mass is 350 g/mol. The SMILES string of the molecule is CC(C)(C)C(=O)[O-].CC(C)(C)C(=O)[O-].[CH2-]C.[CH2-]C.[Zr+4]. The Morgan fingerprint density at radius 3 is 0.737 bits per heavy atom. The van der Waals surface area contributed by atoms with Crippen LogP contribution in [0.15, 0.2) is 0 Å². The molecule has 0 saturated carbocycles. The van der Waals surface area contributed by atoms with Crippen molar-refractivity contribution in [3.05, 3.63) is 13.8 Å². The van der Waals surface area contributed by atoms with Gasteiger partial charge in [0.1, 0.15) is 0 Å². The molecule has 4 nitrogen and oxygen atoms in total. The van der Waals surface area contributed by atoms with Crippen molar-refractivity contribution >= 4 is 11.9 Å². The second-order valence-corrected chi connectivity index (χ2v) is 5.07. The number of carbonyl (C=O) groups excluding carboxylic acids is 2. The Labute approximate surface area is 138 Å². The fourth-order valence-electron chi connectivity index (χ4n) is 0. The molecule has 0 heterocycles. The van der Waals surface area contributed by atoms with E-state index >= 15 is 0 Å². The van der Waals surface area contributed by atoms with Crippen molar-refractivity contribution in [2.75, 3.05) is 0 Å². The molecule has 0 unspecified atom stereocenters. The standard InChI is InChI=1S/2C5H10O2.2C2H5.Zr/c2*1-5(2,3)4(6)7;2*1-2;/h2*1-3H3,(H,6,7);2*1H2,2H3;/q;;2*-1;+4/p-2. The quantitative estimate of drug-likeness (QED) is 0.615. The predicted octanol–water partition coefficient (Wildman–Crippen LogP) is 1.24. The van der Waals surface area contributed by atoms with Crippen LogP contribution in [0, 0.1) is 24.7 Å². The van der Waals surface area contributed by atoms with E-state index < -0.39 is 22.8 Å². The van der Waals surface area contributed by atoms with Gasteiger partial charge in [-0.3, -0.25) is 0 Å². The van der Waals surface area contributed by atoms with E-state index in [1.807, 2.05) is 0 Å². The van der Waals surface area contributed by atoms with Crippen molar-refractivity contribution in [1.29, 1.82) is 0 Å². The van der Waals surface area contributed by atoms with Gasteiger partial charge in [0.15, 0.2) is 0 Å². The van der Waals surface area contributed by atoms with Gasteiger partial charge in [-0.15, -0.1) is 0 Å². The molecule has 0 saturated heterocycles. The minimum absolute atomic E-state index is 0. The third-order valence-corrected chi connectivity index (χ3v) is 1.22. The van der Waals surface area contributed by atoms with E-state index in [0.29, 0.717) is 0 Å². The van der Waals surface area contributed by atoms with E-state index in [0.717, 1.165) is 0 Å². The molecule has 0 aliphatic heterocycles. The minimum atomic E-state index is -1.01. The fourth-order valence-corrected chi connectivity index (χ4v) is 0. The number of carboxylic acids is 2. The van der Waals surface area contributed by atoms with E-state index in [4.69, 9.17) is 0 Å². The zero-order chi connectivity index (χ0) is 16.2. The first kappa shape index (κ1) is 31.3. The summed E-state index contributed by atoms with van der Waals surface area (Å²) in [7, 11) is 0. The van der Waals surface area contributed by atoms with Crippen LogP contribution in [0.3, 0.4) is 0 Å². The molecule has 0 amide bonds. The van der Waals surface area contributed by atoms with Gasteiger partial charge in [-0.2, -0.15) is 13.8 Å². The van der Waals surface area contributed by atoms with Gasteiger partial charge in [0.2, 0.25) is 0 Å². The Balaban J connectivity index is -0.0000000522. The van der Waals surface area contributed by atoms with Crippen LogP contribution in [-0.2, 0) is 35.8 Å². The maximum Gasteiger partial charge on any atom is 4.00 e. The third kappa shape index (κ3) is 31.9. The van der Waals surface area contributed by atoms with Crippen LogP contribution in [0.25, 0.3) is 0 Å². The van der Waals surface area contributed by atoms with Crippen molar-refractivity contribution in [2.24, 2.45) is 10.8 Å². The van der Waals surface area contributed by atoms with Gasteiger partial charge in [0, 0.05) is 22.8 Å². The molecule has 0 aliphatic carbocycles. The van der Waals surface area contributed by atoms with Crippen LogP contribution in [0.2, 0.25) is 0 Å². The predicted molar refractivity (Wildman–Crippen MR) is 71.0 cm³/mol. The Morgan fingerprint density at radius 2 is 0.737 bits per heavy atom. The van der Waals surface area contributed by atoms with Crippen molar-refractivity contribution in [2.45, 2.75) is 55.4 Å². The summed E-state index contributed by atoms with van der Waals surface area (Å²) in [6.07, 6.45) is 0. The summed E-state index contributed by atoms with van der Waals surface area (Å²) < 4.78 is 0. The molecule has 19 heavy (non-hydrogen) atoms. The first-order valence-corrected chi connectivity index (χ1v) is 5.73. The molecule has 0 fully saturated rings. The van der Waals surface area contributed by atoms with Crippen LogP contribution >= 0.6 is 0 Å². The zero-order valence-corrected chi connectivity index (χ0v) is 16.0. The molecule has 0 rings (SSSR count). The largest absolute Gasteiger partial charge is 4.00 e. The molecule has 0 atom stereocenters. The number of rotatable bonds is 0. The molecular weight excluding hydrogens is 323 g/mol. The van der Waals surface area contributed by atoms with E-state index in [-0.39, 0.29) is 26.2 Å². The van der Waals surface area contributed by atoms with E-state index in [1.54, 1.807) is 55.4 Å². The molecule has 0 aromatic heterocycles. The molecular formula is C14H28O4Zr. The van der Waals surface area contributed by atoms with Crippen molar-refractivity contribution < 1.29 is 46.0 Å². The maximum absolute atomic E-state index is 9.91. The average Bonchev–Trinajstić information content (AvgIpc) is 2.21. The molecule has 0 spiro atoms. The molecule has 0 radical (unpaired) electrons. The molecule has 0 N–H and O–H groups in total. The van der Waals surface area contributed by atoms with Gasteiger partial charge in [-0.25, -0.2) is 0 Å². The third-order valence-electron chi connectivity index (χ3n) is 1.22. The summed E-state index contributed by atoms with van der Waals surface area (Å²) in [6, 6.07) is 0. The molecule has 112 valence electrons. The number of carboxylic acid groups (broad SMARTS) is 2. The van der Waals surface area contributed by atoms with Crippen LogP contribution in [0.1, 0.15) is 55.4 Å². The van der Waals surface area contributed by atoms with Crippen molar-refractivity contribution in [3.8, 4) is 0 Å². The molecule has 0 aromatic rings. The summed E-state index contributed by atoms with van der Waals surface area (Å²) >= 11 is 0. The van der Waals surface area contributed by atoms with E-state index in [9.17, 15) is 19.8 Å². The maximum atomic E-state index is 9.91. The van der Waals surface area contributed by atoms with Crippen molar-refractivity contribution in [3.63, 3.8) is 0 Å². The van der Waals surface area contributed by atoms with E-state index in [1.165, 1.54) is 0 Å². The minimum Gasteiger partial charge on any atom is -0.550 e. The number of hydrogen-bond donors (Lipinski definition) is 0. The van der Waals surface area contributed by atoms with Gasteiger partial charge in [0.25, 0.3) is 0 Å². The molecule has 0 bridgehead atoms. The topological polar surface area (TPSA) is 80.3 Å². The Kier molecular flexibility index (Phi) is 26.2. The van der Waals surface area contributed by atoms with Crippen LogP contribution in [0.4, 0.5) is 0 Å². The first-order valence-electron chi connectivity index (χ1n) is 5.73. The summed E-state index contributed by atoms with van der Waals surface area (Å²) in [5, 5.41) is 19.8. The molecule has 0 aliphatic rings. The zero-order valence-electron chi connectivity index (χ0n) is 13.5. The van der Waals surface area contributed by atoms with Gasteiger partial charge in [0.05, 0.1) is 0 Å². The Bertz CT molecular complexity index is 188. The second kappa shape index (κ2) is 15.9. The Hall–Kier alpha value is -0.177. The summed E-state index contributed by atoms with van der Waals surface area (Å²) in [5.41, 5.74) is -1.39. The van der Waals surface area contributed by atoms with Gasteiger partial charge >= 0.3 is 26.2 Å². The van der Waals surface area contributed by atoms with Gasteiger partial charge in [-0.05, 0) is 0 Å². The number of aliphatic carboxylic acids is 2. The van der Waals surface area contributed by atoms with Gasteiger partial charge < -0.3 is 33.6 Å². The van der Waals surface area contributed by atoms with E-state index in [2.05, 4.69) is 13.8 Å². The Morgan fingerprint density at radius 1 is 0.684 bits per heavy atom. The molecule has 5 heteroatoms. The van der Waals surface area contributed by atoms with Crippen molar-refractivity contribution in [1.82, 2.24) is 0 Å².